The smallest absolute Gasteiger partial charge is 0.271 e. The average molecular weight is 367 g/mol. The number of hydrogen-bond donors (Lipinski definition) is 0. The number of nitrogens with zero attached hydrogens (tertiary/aromatic N) is 2. The SMILES string of the molecule is CCN(CC)C(=O)CN1C(=O)C(C)(C)Oc2ccc(C(=O)CCl)cc21. The van der Waals surface area contributed by atoms with Gasteiger partial charge in [-0.05, 0) is 45.9 Å². The molecule has 1 aliphatic rings. The van der Waals surface area contributed by atoms with Crippen molar-refractivity contribution in [1.29, 1.82) is 0 Å². The van der Waals surface area contributed by atoms with Crippen molar-refractivity contribution in [3.05, 3.63) is 23.8 Å². The summed E-state index contributed by atoms with van der Waals surface area (Å²) >= 11 is 5.62. The highest BCUT2D eigenvalue weighted by molar-refractivity contribution is 6.30. The maximum absolute atomic E-state index is 12.8. The molecule has 7 heteroatoms. The Morgan fingerprint density at radius 2 is 1.88 bits per heavy atom. The van der Waals surface area contributed by atoms with E-state index >= 15 is 0 Å². The summed E-state index contributed by atoms with van der Waals surface area (Å²) in [6, 6.07) is 4.81. The van der Waals surface area contributed by atoms with Gasteiger partial charge >= 0.3 is 0 Å². The molecule has 2 rings (SSSR count). The van der Waals surface area contributed by atoms with Gasteiger partial charge in [-0.3, -0.25) is 19.3 Å². The molecule has 0 aromatic heterocycles. The Bertz CT molecular complexity index is 698. The number of rotatable bonds is 6. The molecule has 0 bridgehead atoms. The van der Waals surface area contributed by atoms with Gasteiger partial charge in [0.15, 0.2) is 11.4 Å². The van der Waals surface area contributed by atoms with Crippen molar-refractivity contribution < 1.29 is 19.1 Å². The van der Waals surface area contributed by atoms with Gasteiger partial charge in [0.1, 0.15) is 12.3 Å². The van der Waals surface area contributed by atoms with Crippen LogP contribution in [0.4, 0.5) is 5.69 Å². The Morgan fingerprint density at radius 3 is 2.44 bits per heavy atom. The van der Waals surface area contributed by atoms with Crippen LogP contribution in [0.5, 0.6) is 5.75 Å². The van der Waals surface area contributed by atoms with Gasteiger partial charge in [0, 0.05) is 18.7 Å². The quantitative estimate of drug-likeness (QED) is 0.573. The average Bonchev–Trinajstić information content (AvgIpc) is 2.58. The first-order valence-corrected chi connectivity index (χ1v) is 8.80. The number of ketones is 1. The zero-order chi connectivity index (χ0) is 18.8. The molecule has 0 spiro atoms. The molecule has 0 unspecified atom stereocenters. The van der Waals surface area contributed by atoms with Gasteiger partial charge in [-0.15, -0.1) is 11.6 Å². The summed E-state index contributed by atoms with van der Waals surface area (Å²) in [5, 5.41) is 0. The number of ether oxygens (including phenoxy) is 1. The summed E-state index contributed by atoms with van der Waals surface area (Å²) in [5.41, 5.74) is -0.292. The number of carbonyl (C=O) groups excluding carboxylic acids is 3. The third-order valence-corrected chi connectivity index (χ3v) is 4.47. The second-order valence-corrected chi connectivity index (χ2v) is 6.58. The zero-order valence-corrected chi connectivity index (χ0v) is 15.7. The predicted molar refractivity (Wildman–Crippen MR) is 96.5 cm³/mol. The van der Waals surface area contributed by atoms with Crippen LogP contribution in [0.25, 0.3) is 0 Å². The van der Waals surface area contributed by atoms with Crippen molar-refractivity contribution in [2.24, 2.45) is 0 Å². The molecule has 2 amide bonds. The zero-order valence-electron chi connectivity index (χ0n) is 15.0. The lowest BCUT2D eigenvalue weighted by Gasteiger charge is -2.39. The van der Waals surface area contributed by atoms with Crippen LogP contribution in [0.3, 0.4) is 0 Å². The molecule has 136 valence electrons. The van der Waals surface area contributed by atoms with Gasteiger partial charge in [-0.25, -0.2) is 0 Å². The van der Waals surface area contributed by atoms with E-state index in [1.807, 2.05) is 13.8 Å². The van der Waals surface area contributed by atoms with E-state index in [2.05, 4.69) is 0 Å². The molecular weight excluding hydrogens is 344 g/mol. The molecule has 1 aromatic carbocycles. The Kier molecular flexibility index (Phi) is 5.72. The third kappa shape index (κ3) is 3.79. The standard InChI is InChI=1S/C18H23ClN2O4/c1-5-20(6-2)16(23)11-21-13-9-12(14(22)10-19)7-8-15(13)25-18(3,4)17(21)24/h7-9H,5-6,10-11H2,1-4H3. The van der Waals surface area contributed by atoms with E-state index in [9.17, 15) is 14.4 Å². The Hall–Kier alpha value is -2.08. The van der Waals surface area contributed by atoms with Gasteiger partial charge in [0.2, 0.25) is 5.91 Å². The highest BCUT2D eigenvalue weighted by Gasteiger charge is 2.42. The van der Waals surface area contributed by atoms with Gasteiger partial charge in [0.05, 0.1) is 11.6 Å². The number of anilines is 1. The highest BCUT2D eigenvalue weighted by atomic mass is 35.5. The Labute approximate surface area is 152 Å². The largest absolute Gasteiger partial charge is 0.476 e. The number of hydrogen-bond acceptors (Lipinski definition) is 4. The van der Waals surface area contributed by atoms with Gasteiger partial charge in [0.25, 0.3) is 5.91 Å². The monoisotopic (exact) mass is 366 g/mol. The van der Waals surface area contributed by atoms with E-state index in [0.717, 1.165) is 0 Å². The fourth-order valence-electron chi connectivity index (χ4n) is 2.79. The minimum absolute atomic E-state index is 0.0984. The number of likely N-dealkylation sites (N-methyl/N-ethyl adjacent to an activating group) is 1. The van der Waals surface area contributed by atoms with Crippen molar-refractivity contribution in [2.75, 3.05) is 30.4 Å². The fourth-order valence-corrected chi connectivity index (χ4v) is 2.94. The summed E-state index contributed by atoms with van der Waals surface area (Å²) in [5.74, 6) is -0.427. The highest BCUT2D eigenvalue weighted by Crippen LogP contribution is 2.38. The predicted octanol–water partition coefficient (Wildman–Crippen LogP) is 2.48. The van der Waals surface area contributed by atoms with Crippen LogP contribution < -0.4 is 9.64 Å². The first-order valence-electron chi connectivity index (χ1n) is 8.27. The lowest BCUT2D eigenvalue weighted by molar-refractivity contribution is -0.136. The van der Waals surface area contributed by atoms with Gasteiger partial charge in [-0.1, -0.05) is 0 Å². The van der Waals surface area contributed by atoms with Crippen molar-refractivity contribution in [3.8, 4) is 5.75 Å². The molecule has 6 nitrogen and oxygen atoms in total. The number of amides is 2. The molecule has 0 N–H and O–H groups in total. The summed E-state index contributed by atoms with van der Waals surface area (Å²) < 4.78 is 5.76. The molecule has 0 saturated carbocycles. The van der Waals surface area contributed by atoms with Crippen molar-refractivity contribution in [3.63, 3.8) is 0 Å². The molecular formula is C18H23ClN2O4. The van der Waals surface area contributed by atoms with E-state index in [1.54, 1.807) is 36.9 Å². The third-order valence-electron chi connectivity index (χ3n) is 4.23. The second-order valence-electron chi connectivity index (χ2n) is 6.31. The molecule has 0 fully saturated rings. The lowest BCUT2D eigenvalue weighted by atomic mass is 10.0. The van der Waals surface area contributed by atoms with Crippen LogP contribution in [-0.2, 0) is 9.59 Å². The van der Waals surface area contributed by atoms with Crippen LogP contribution in [0, 0.1) is 0 Å². The van der Waals surface area contributed by atoms with E-state index in [0.29, 0.717) is 30.1 Å². The van der Waals surface area contributed by atoms with Crippen LogP contribution in [0.15, 0.2) is 18.2 Å². The minimum Gasteiger partial charge on any atom is -0.476 e. The van der Waals surface area contributed by atoms with Crippen LogP contribution >= 0.6 is 11.6 Å². The van der Waals surface area contributed by atoms with E-state index in [-0.39, 0.29) is 30.0 Å². The van der Waals surface area contributed by atoms with E-state index in [4.69, 9.17) is 16.3 Å². The number of alkyl halides is 1. The topological polar surface area (TPSA) is 66.9 Å². The van der Waals surface area contributed by atoms with Crippen LogP contribution in [0.1, 0.15) is 38.1 Å². The molecule has 1 aliphatic heterocycles. The van der Waals surface area contributed by atoms with Crippen LogP contribution in [0.2, 0.25) is 0 Å². The summed E-state index contributed by atoms with van der Waals surface area (Å²) in [6.07, 6.45) is 0. The lowest BCUT2D eigenvalue weighted by Crippen LogP contribution is -2.55. The number of fused-ring (bicyclic) bond motifs is 1. The van der Waals surface area contributed by atoms with Crippen LogP contribution in [-0.4, -0.2) is 53.6 Å². The number of halogens is 1. The molecule has 0 aliphatic carbocycles. The first-order chi connectivity index (χ1) is 11.7. The van der Waals surface area contributed by atoms with E-state index < -0.39 is 5.60 Å². The summed E-state index contributed by atoms with van der Waals surface area (Å²) in [6.45, 7) is 8.12. The normalized spacial score (nSPS) is 15.4. The maximum atomic E-state index is 12.8. The maximum Gasteiger partial charge on any atom is 0.271 e. The minimum atomic E-state index is -1.09. The summed E-state index contributed by atoms with van der Waals surface area (Å²) in [7, 11) is 0. The summed E-state index contributed by atoms with van der Waals surface area (Å²) in [4.78, 5) is 40.3. The molecule has 25 heavy (non-hydrogen) atoms. The molecule has 0 saturated heterocycles. The second kappa shape index (κ2) is 7.44. The van der Waals surface area contributed by atoms with E-state index in [1.165, 1.54) is 4.90 Å². The van der Waals surface area contributed by atoms with Crippen molar-refractivity contribution in [1.82, 2.24) is 4.90 Å². The number of carbonyl (C=O) groups is 3. The van der Waals surface area contributed by atoms with Crippen molar-refractivity contribution >= 4 is 34.9 Å². The Morgan fingerprint density at radius 1 is 1.24 bits per heavy atom. The van der Waals surface area contributed by atoms with Crippen molar-refractivity contribution in [2.45, 2.75) is 33.3 Å². The first kappa shape index (κ1) is 19.2. The molecule has 0 radical (unpaired) electrons. The molecule has 1 heterocycles. The molecule has 0 atom stereocenters. The van der Waals surface area contributed by atoms with Gasteiger partial charge in [-0.2, -0.15) is 0 Å². The fraction of sp³-hybridized carbons (Fsp3) is 0.500. The molecule has 1 aromatic rings. The number of Topliss-reactive ketones (excluding diaryl/α,β-unsaturated/α-hetero) is 1. The number of benzene rings is 1. The Balaban J connectivity index is 2.45. The van der Waals surface area contributed by atoms with Gasteiger partial charge < -0.3 is 9.64 Å².